The number of hydrogen-bond acceptors (Lipinski definition) is 8. The minimum atomic E-state index is -1.63. The lowest BCUT2D eigenvalue weighted by Crippen LogP contribution is -2.44. The molecule has 372 valence electrons. The number of carboxylic acids is 1. The van der Waals surface area contributed by atoms with Crippen molar-refractivity contribution in [2.24, 2.45) is 0 Å². The van der Waals surface area contributed by atoms with Gasteiger partial charge in [-0.15, -0.1) is 0 Å². The van der Waals surface area contributed by atoms with Gasteiger partial charge in [0.25, 0.3) is 0 Å². The second-order valence-electron chi connectivity index (χ2n) is 18.1. The van der Waals surface area contributed by atoms with E-state index < -0.39 is 24.3 Å². The standard InChI is InChI=1S/C56H95NO8/c1-6-8-10-12-14-16-18-19-20-21-22-23-24-25-26-27-28-29-30-31-32-33-34-35-37-39-41-43-45-47-54(59)65-52(51-64-56(55(60)61)62-49-48-57(3,4)5)50-63-53(58)46-44-42-40-38-36-17-15-13-11-9-7-2/h8,10,13-16,19-20,22-23,25-26,28-29,52,56H,6-7,9,11-12,17-18,21,24,27,30-51H2,1-5H3/b10-8-,15-13-,16-14-,20-19-,23-22-,26-25-,29-28-. The van der Waals surface area contributed by atoms with Gasteiger partial charge in [0, 0.05) is 12.8 Å². The van der Waals surface area contributed by atoms with Crippen LogP contribution in [0.2, 0.25) is 0 Å². The Kier molecular flexibility index (Phi) is 44.4. The van der Waals surface area contributed by atoms with Crippen LogP contribution in [-0.4, -0.2) is 82.3 Å². The van der Waals surface area contributed by atoms with Crippen molar-refractivity contribution in [3.63, 3.8) is 0 Å². The minimum absolute atomic E-state index is 0.142. The highest BCUT2D eigenvalue weighted by Crippen LogP contribution is 2.14. The summed E-state index contributed by atoms with van der Waals surface area (Å²) >= 11 is 0. The average Bonchev–Trinajstić information content (AvgIpc) is 3.27. The maximum atomic E-state index is 12.8. The van der Waals surface area contributed by atoms with E-state index in [9.17, 15) is 19.5 Å². The number of quaternary nitrogens is 1. The third-order valence-electron chi connectivity index (χ3n) is 10.6. The monoisotopic (exact) mass is 910 g/mol. The third kappa shape index (κ3) is 48.2. The van der Waals surface area contributed by atoms with E-state index in [4.69, 9.17) is 18.9 Å². The first-order chi connectivity index (χ1) is 31.6. The number of aliphatic carboxylic acids is 1. The highest BCUT2D eigenvalue weighted by Gasteiger charge is 2.21. The van der Waals surface area contributed by atoms with Gasteiger partial charge in [-0.1, -0.05) is 182 Å². The molecule has 2 unspecified atom stereocenters. The summed E-state index contributed by atoms with van der Waals surface area (Å²) in [5.41, 5.74) is 0. The predicted molar refractivity (Wildman–Crippen MR) is 269 cm³/mol. The fraction of sp³-hybridized carbons (Fsp3) is 0.696. The Hall–Kier alpha value is -3.53. The molecule has 0 bridgehead atoms. The number of carbonyl (C=O) groups excluding carboxylic acids is 3. The molecule has 0 fully saturated rings. The van der Waals surface area contributed by atoms with E-state index in [0.29, 0.717) is 17.4 Å². The quantitative estimate of drug-likeness (QED) is 0.0195. The summed E-state index contributed by atoms with van der Waals surface area (Å²) in [6, 6.07) is 0. The largest absolute Gasteiger partial charge is 0.545 e. The molecule has 0 radical (unpaired) electrons. The number of carbonyl (C=O) groups is 3. The maximum Gasteiger partial charge on any atom is 0.306 e. The first-order valence-corrected chi connectivity index (χ1v) is 25.7. The molecule has 0 aliphatic carbocycles. The second kappa shape index (κ2) is 47.0. The summed E-state index contributed by atoms with van der Waals surface area (Å²) in [6.07, 6.45) is 57.7. The summed E-state index contributed by atoms with van der Waals surface area (Å²) in [5.74, 6) is -2.31. The summed E-state index contributed by atoms with van der Waals surface area (Å²) in [4.78, 5) is 37.0. The average molecular weight is 910 g/mol. The van der Waals surface area contributed by atoms with Crippen LogP contribution >= 0.6 is 0 Å². The van der Waals surface area contributed by atoms with E-state index in [0.717, 1.165) is 109 Å². The lowest BCUT2D eigenvalue weighted by Gasteiger charge is -2.26. The van der Waals surface area contributed by atoms with E-state index >= 15 is 0 Å². The fourth-order valence-corrected chi connectivity index (χ4v) is 6.64. The molecule has 2 atom stereocenters. The summed E-state index contributed by atoms with van der Waals surface area (Å²) < 4.78 is 22.6. The zero-order valence-corrected chi connectivity index (χ0v) is 42.1. The zero-order valence-electron chi connectivity index (χ0n) is 42.1. The molecule has 0 rings (SSSR count). The molecule has 9 nitrogen and oxygen atoms in total. The van der Waals surface area contributed by atoms with Crippen molar-refractivity contribution in [1.82, 2.24) is 0 Å². The van der Waals surface area contributed by atoms with Crippen LogP contribution in [0.4, 0.5) is 0 Å². The van der Waals surface area contributed by atoms with Crippen LogP contribution in [-0.2, 0) is 33.3 Å². The molecular weight excluding hydrogens is 815 g/mol. The van der Waals surface area contributed by atoms with Crippen LogP contribution < -0.4 is 5.11 Å². The maximum absolute atomic E-state index is 12.8. The van der Waals surface area contributed by atoms with Gasteiger partial charge in [0.1, 0.15) is 13.2 Å². The van der Waals surface area contributed by atoms with Crippen molar-refractivity contribution in [1.29, 1.82) is 0 Å². The highest BCUT2D eigenvalue weighted by atomic mass is 16.7. The van der Waals surface area contributed by atoms with Gasteiger partial charge < -0.3 is 33.3 Å². The minimum Gasteiger partial charge on any atom is -0.545 e. The van der Waals surface area contributed by atoms with Crippen molar-refractivity contribution >= 4 is 17.9 Å². The van der Waals surface area contributed by atoms with Gasteiger partial charge in [-0.05, 0) is 83.5 Å². The number of rotatable bonds is 46. The van der Waals surface area contributed by atoms with E-state index in [2.05, 4.69) is 98.9 Å². The second-order valence-corrected chi connectivity index (χ2v) is 18.1. The van der Waals surface area contributed by atoms with Crippen molar-refractivity contribution in [3.05, 3.63) is 85.1 Å². The van der Waals surface area contributed by atoms with Crippen molar-refractivity contribution in [2.45, 2.75) is 206 Å². The van der Waals surface area contributed by atoms with Crippen LogP contribution in [0, 0.1) is 0 Å². The molecule has 0 aromatic rings. The van der Waals surface area contributed by atoms with Crippen LogP contribution in [0.5, 0.6) is 0 Å². The van der Waals surface area contributed by atoms with Crippen molar-refractivity contribution in [3.8, 4) is 0 Å². The highest BCUT2D eigenvalue weighted by molar-refractivity contribution is 5.70. The normalized spacial score (nSPS) is 13.6. The van der Waals surface area contributed by atoms with Crippen LogP contribution in [0.3, 0.4) is 0 Å². The number of unbranched alkanes of at least 4 members (excludes halogenated alkanes) is 17. The smallest absolute Gasteiger partial charge is 0.306 e. The Morgan fingerprint density at radius 1 is 0.477 bits per heavy atom. The predicted octanol–water partition coefficient (Wildman–Crippen LogP) is 13.1. The van der Waals surface area contributed by atoms with E-state index in [1.807, 2.05) is 21.1 Å². The molecule has 65 heavy (non-hydrogen) atoms. The Bertz CT molecular complexity index is 1340. The van der Waals surface area contributed by atoms with Gasteiger partial charge in [0.05, 0.1) is 40.3 Å². The Balaban J connectivity index is 4.24. The lowest BCUT2D eigenvalue weighted by atomic mass is 10.0. The molecule has 0 aliphatic rings. The summed E-state index contributed by atoms with van der Waals surface area (Å²) in [6.45, 7) is 4.56. The SMILES string of the molecule is CC/C=C\C/C=C\C/C=C\C/C=C\C/C=C\C/C=C\CCCCCCCCCCCCC(=O)OC(COC(=O)CCCCCCC/C=C\CCCC)COC(OCC[N+](C)(C)C)C(=O)[O-]. The number of hydrogen-bond donors (Lipinski definition) is 0. The number of nitrogens with zero attached hydrogens (tertiary/aromatic N) is 1. The Labute approximate surface area is 398 Å². The molecule has 9 heteroatoms. The molecular formula is C56H95NO8. The third-order valence-corrected chi connectivity index (χ3v) is 10.6. The first kappa shape index (κ1) is 61.5. The van der Waals surface area contributed by atoms with E-state index in [1.54, 1.807) is 0 Å². The first-order valence-electron chi connectivity index (χ1n) is 25.7. The number of likely N-dealkylation sites (N-methyl/N-ethyl adjacent to an activating group) is 1. The molecule has 0 N–H and O–H groups in total. The van der Waals surface area contributed by atoms with E-state index in [1.165, 1.54) is 51.4 Å². The van der Waals surface area contributed by atoms with Crippen molar-refractivity contribution < 1.29 is 42.9 Å². The van der Waals surface area contributed by atoms with Gasteiger partial charge in [0.15, 0.2) is 12.4 Å². The number of carboxylic acid groups (broad SMARTS) is 1. The Morgan fingerprint density at radius 3 is 1.32 bits per heavy atom. The number of esters is 2. The molecule has 0 spiro atoms. The van der Waals surface area contributed by atoms with Gasteiger partial charge >= 0.3 is 11.9 Å². The van der Waals surface area contributed by atoms with E-state index in [-0.39, 0.29) is 38.6 Å². The molecule has 0 heterocycles. The zero-order chi connectivity index (χ0) is 47.7. The van der Waals surface area contributed by atoms with Crippen LogP contribution in [0.1, 0.15) is 194 Å². The molecule has 0 saturated heterocycles. The molecule has 0 aromatic carbocycles. The summed E-state index contributed by atoms with van der Waals surface area (Å²) in [5, 5.41) is 11.7. The topological polar surface area (TPSA) is 111 Å². The molecule has 0 saturated carbocycles. The molecule has 0 aliphatic heterocycles. The van der Waals surface area contributed by atoms with Crippen molar-refractivity contribution in [2.75, 3.05) is 47.5 Å². The lowest BCUT2D eigenvalue weighted by molar-refractivity contribution is -0.870. The van der Waals surface area contributed by atoms with Gasteiger partial charge in [-0.3, -0.25) is 9.59 Å². The van der Waals surface area contributed by atoms with Crippen LogP contribution in [0.25, 0.3) is 0 Å². The van der Waals surface area contributed by atoms with Gasteiger partial charge in [-0.25, -0.2) is 0 Å². The van der Waals surface area contributed by atoms with Crippen LogP contribution in [0.15, 0.2) is 85.1 Å². The fourth-order valence-electron chi connectivity index (χ4n) is 6.64. The molecule has 0 amide bonds. The number of allylic oxidation sites excluding steroid dienone is 14. The molecule has 0 aromatic heterocycles. The number of ether oxygens (including phenoxy) is 4. The van der Waals surface area contributed by atoms with Gasteiger partial charge in [0.2, 0.25) is 0 Å². The van der Waals surface area contributed by atoms with Gasteiger partial charge in [-0.2, -0.15) is 0 Å². The Morgan fingerprint density at radius 2 is 0.877 bits per heavy atom. The summed E-state index contributed by atoms with van der Waals surface area (Å²) in [7, 11) is 5.90.